The van der Waals surface area contributed by atoms with Crippen LogP contribution in [-0.4, -0.2) is 48.4 Å². The fourth-order valence-corrected chi connectivity index (χ4v) is 1.83. The van der Waals surface area contributed by atoms with Gasteiger partial charge >= 0.3 is 6.03 Å². The van der Waals surface area contributed by atoms with Crippen molar-refractivity contribution in [3.8, 4) is 5.75 Å². The van der Waals surface area contributed by atoms with Crippen molar-refractivity contribution >= 4 is 17.6 Å². The van der Waals surface area contributed by atoms with Crippen LogP contribution in [0.5, 0.6) is 5.75 Å². The summed E-state index contributed by atoms with van der Waals surface area (Å²) in [7, 11) is 1.69. The van der Waals surface area contributed by atoms with Crippen molar-refractivity contribution in [3.63, 3.8) is 0 Å². The lowest BCUT2D eigenvalue weighted by molar-refractivity contribution is 0.160. The molecule has 5 nitrogen and oxygen atoms in total. The van der Waals surface area contributed by atoms with Crippen LogP contribution >= 0.6 is 11.6 Å². The lowest BCUT2D eigenvalue weighted by Crippen LogP contribution is -2.42. The molecule has 0 heterocycles. The molecule has 2 N–H and O–H groups in total. The molecule has 0 saturated carbocycles. The normalized spacial score (nSPS) is 13.4. The number of carbonyl (C=O) groups is 1. The number of nitrogens with one attached hydrogen (secondary N) is 1. The van der Waals surface area contributed by atoms with Gasteiger partial charge in [0.2, 0.25) is 0 Å². The van der Waals surface area contributed by atoms with Crippen LogP contribution < -0.4 is 10.1 Å². The summed E-state index contributed by atoms with van der Waals surface area (Å²) in [5.41, 5.74) is 0. The zero-order valence-corrected chi connectivity index (χ0v) is 13.4. The first kappa shape index (κ1) is 17.6. The molecule has 1 rings (SSSR count). The molecule has 0 aromatic heterocycles. The van der Waals surface area contributed by atoms with Crippen molar-refractivity contribution < 1.29 is 14.6 Å². The van der Waals surface area contributed by atoms with Crippen LogP contribution in [0, 0.1) is 0 Å². The monoisotopic (exact) mass is 314 g/mol. The number of benzene rings is 1. The third-order valence-corrected chi connectivity index (χ3v) is 3.25. The van der Waals surface area contributed by atoms with E-state index in [1.165, 1.54) is 4.90 Å². The molecule has 21 heavy (non-hydrogen) atoms. The van der Waals surface area contributed by atoms with E-state index in [1.54, 1.807) is 26.1 Å². The Bertz CT molecular complexity index is 454. The molecule has 2 unspecified atom stereocenters. The number of hydrogen-bond acceptors (Lipinski definition) is 3. The summed E-state index contributed by atoms with van der Waals surface area (Å²) in [5.74, 6) is 0.600. The Morgan fingerprint density at radius 1 is 1.43 bits per heavy atom. The van der Waals surface area contributed by atoms with E-state index in [9.17, 15) is 9.90 Å². The summed E-state index contributed by atoms with van der Waals surface area (Å²) >= 11 is 6.01. The maximum absolute atomic E-state index is 11.8. The number of amides is 2. The van der Waals surface area contributed by atoms with Crippen LogP contribution in [0.3, 0.4) is 0 Å². The first-order valence-electron chi connectivity index (χ1n) is 6.98. The lowest BCUT2D eigenvalue weighted by atomic mass is 10.3. The molecule has 0 aliphatic rings. The smallest absolute Gasteiger partial charge is 0.317 e. The summed E-state index contributed by atoms with van der Waals surface area (Å²) in [6, 6.07) is 7.03. The van der Waals surface area contributed by atoms with Gasteiger partial charge in [0.25, 0.3) is 0 Å². The van der Waals surface area contributed by atoms with Gasteiger partial charge in [-0.05, 0) is 32.4 Å². The zero-order valence-electron chi connectivity index (χ0n) is 12.7. The second kappa shape index (κ2) is 8.74. The van der Waals surface area contributed by atoms with E-state index in [2.05, 4.69) is 5.32 Å². The van der Waals surface area contributed by atoms with Gasteiger partial charge in [-0.25, -0.2) is 4.79 Å². The number of nitrogens with zero attached hydrogens (tertiary/aromatic N) is 1. The minimum atomic E-state index is -0.414. The van der Waals surface area contributed by atoms with Crippen LogP contribution in [0.1, 0.15) is 20.3 Å². The molecular weight excluding hydrogens is 292 g/mol. The average molecular weight is 315 g/mol. The Balaban J connectivity index is 2.34. The predicted molar refractivity (Wildman–Crippen MR) is 83.9 cm³/mol. The standard InChI is InChI=1S/C15H23ClN2O3/c1-11(19)8-9-18(3)15(20)17-10-12(2)21-14-7-5-4-6-13(14)16/h4-7,11-12,19H,8-10H2,1-3H3,(H,17,20). The highest BCUT2D eigenvalue weighted by Crippen LogP contribution is 2.23. The molecule has 2 atom stereocenters. The molecule has 6 heteroatoms. The van der Waals surface area contributed by atoms with Crippen LogP contribution in [0.15, 0.2) is 24.3 Å². The van der Waals surface area contributed by atoms with Gasteiger partial charge in [-0.3, -0.25) is 0 Å². The molecule has 1 aromatic rings. The second-order valence-electron chi connectivity index (χ2n) is 5.10. The van der Waals surface area contributed by atoms with Gasteiger partial charge in [0, 0.05) is 13.6 Å². The number of aliphatic hydroxyl groups is 1. The number of carbonyl (C=O) groups excluding carboxylic acids is 1. The highest BCUT2D eigenvalue weighted by Gasteiger charge is 2.12. The third-order valence-electron chi connectivity index (χ3n) is 2.93. The van der Waals surface area contributed by atoms with Gasteiger partial charge in [-0.2, -0.15) is 0 Å². The first-order chi connectivity index (χ1) is 9.90. The number of aliphatic hydroxyl groups excluding tert-OH is 1. The molecule has 0 fully saturated rings. The number of rotatable bonds is 7. The van der Waals surface area contributed by atoms with Gasteiger partial charge in [0.05, 0.1) is 17.7 Å². The largest absolute Gasteiger partial charge is 0.487 e. The van der Waals surface area contributed by atoms with Crippen LogP contribution in [-0.2, 0) is 0 Å². The van der Waals surface area contributed by atoms with Crippen LogP contribution in [0.2, 0.25) is 5.02 Å². The first-order valence-corrected chi connectivity index (χ1v) is 7.36. The molecular formula is C15H23ClN2O3. The van der Waals surface area contributed by atoms with Gasteiger partial charge in [-0.1, -0.05) is 23.7 Å². The van der Waals surface area contributed by atoms with Crippen LogP contribution in [0.25, 0.3) is 0 Å². The fourth-order valence-electron chi connectivity index (χ4n) is 1.65. The molecule has 1 aromatic carbocycles. The van der Waals surface area contributed by atoms with Crippen molar-refractivity contribution in [2.75, 3.05) is 20.1 Å². The molecule has 0 bridgehead atoms. The SMILES string of the molecule is CC(O)CCN(C)C(=O)NCC(C)Oc1ccccc1Cl. The molecule has 0 aliphatic heterocycles. The second-order valence-corrected chi connectivity index (χ2v) is 5.51. The van der Waals surface area contributed by atoms with E-state index in [-0.39, 0.29) is 12.1 Å². The highest BCUT2D eigenvalue weighted by atomic mass is 35.5. The number of halogens is 1. The van der Waals surface area contributed by atoms with Crippen molar-refractivity contribution in [3.05, 3.63) is 29.3 Å². The Labute approximate surface area is 130 Å². The zero-order chi connectivity index (χ0) is 15.8. The van der Waals surface area contributed by atoms with Crippen LogP contribution in [0.4, 0.5) is 4.79 Å². The average Bonchev–Trinajstić information content (AvgIpc) is 2.44. The number of hydrogen-bond donors (Lipinski definition) is 2. The van der Waals surface area contributed by atoms with Crippen molar-refractivity contribution in [2.45, 2.75) is 32.5 Å². The Hall–Kier alpha value is -1.46. The van der Waals surface area contributed by atoms with E-state index in [4.69, 9.17) is 16.3 Å². The minimum Gasteiger partial charge on any atom is -0.487 e. The molecule has 2 amide bonds. The van der Waals surface area contributed by atoms with Crippen molar-refractivity contribution in [1.82, 2.24) is 10.2 Å². The number of para-hydroxylation sites is 1. The summed E-state index contributed by atoms with van der Waals surface area (Å²) in [6.07, 6.45) is -0.0583. The predicted octanol–water partition coefficient (Wildman–Crippen LogP) is 2.52. The van der Waals surface area contributed by atoms with E-state index in [1.807, 2.05) is 19.1 Å². The topological polar surface area (TPSA) is 61.8 Å². The van der Waals surface area contributed by atoms with Gasteiger partial charge in [-0.15, -0.1) is 0 Å². The number of ether oxygens (including phenoxy) is 1. The van der Waals surface area contributed by atoms with Gasteiger partial charge < -0.3 is 20.1 Å². The Kier molecular flexibility index (Phi) is 7.32. The maximum Gasteiger partial charge on any atom is 0.317 e. The van der Waals surface area contributed by atoms with Crippen molar-refractivity contribution in [2.24, 2.45) is 0 Å². The van der Waals surface area contributed by atoms with Crippen molar-refractivity contribution in [1.29, 1.82) is 0 Å². The van der Waals surface area contributed by atoms with Gasteiger partial charge in [0.1, 0.15) is 11.9 Å². The Morgan fingerprint density at radius 3 is 2.71 bits per heavy atom. The Morgan fingerprint density at radius 2 is 2.10 bits per heavy atom. The molecule has 0 saturated heterocycles. The molecule has 118 valence electrons. The summed E-state index contributed by atoms with van der Waals surface area (Å²) < 4.78 is 5.67. The highest BCUT2D eigenvalue weighted by molar-refractivity contribution is 6.32. The van der Waals surface area contributed by atoms with E-state index in [0.29, 0.717) is 30.3 Å². The molecule has 0 aliphatic carbocycles. The third kappa shape index (κ3) is 6.69. The quantitative estimate of drug-likeness (QED) is 0.813. The summed E-state index contributed by atoms with van der Waals surface area (Å²) in [6.45, 7) is 4.44. The van der Waals surface area contributed by atoms with E-state index in [0.717, 1.165) is 0 Å². The molecule has 0 spiro atoms. The minimum absolute atomic E-state index is 0.190. The van der Waals surface area contributed by atoms with E-state index < -0.39 is 6.10 Å². The van der Waals surface area contributed by atoms with Gasteiger partial charge in [0.15, 0.2) is 0 Å². The number of urea groups is 1. The summed E-state index contributed by atoms with van der Waals surface area (Å²) in [5, 5.41) is 12.5. The lowest BCUT2D eigenvalue weighted by Gasteiger charge is -2.21. The fraction of sp³-hybridized carbons (Fsp3) is 0.533. The maximum atomic E-state index is 11.8. The molecule has 0 radical (unpaired) electrons. The summed E-state index contributed by atoms with van der Waals surface area (Å²) in [4.78, 5) is 13.4. The van der Waals surface area contributed by atoms with E-state index >= 15 is 0 Å².